The first-order chi connectivity index (χ1) is 13.7. The predicted molar refractivity (Wildman–Crippen MR) is 121 cm³/mol. The van der Waals surface area contributed by atoms with Crippen molar-refractivity contribution < 1.29 is 4.74 Å². The number of rotatable bonds is 5. The molecule has 1 aliphatic rings. The fourth-order valence-electron chi connectivity index (χ4n) is 3.43. The Kier molecular flexibility index (Phi) is 5.83. The molecular formula is C23H20Br2N2O. The lowest BCUT2D eigenvalue weighted by Gasteiger charge is -2.20. The Labute approximate surface area is 182 Å². The highest BCUT2D eigenvalue weighted by molar-refractivity contribution is 9.10. The van der Waals surface area contributed by atoms with Crippen molar-refractivity contribution in [2.75, 3.05) is 6.61 Å². The first-order valence-electron chi connectivity index (χ1n) is 9.23. The van der Waals surface area contributed by atoms with Crippen LogP contribution in [-0.2, 0) is 0 Å². The number of amidine groups is 1. The van der Waals surface area contributed by atoms with E-state index in [0.29, 0.717) is 6.61 Å². The largest absolute Gasteiger partial charge is 0.493 e. The third kappa shape index (κ3) is 4.01. The van der Waals surface area contributed by atoms with Crippen LogP contribution in [0.25, 0.3) is 0 Å². The number of ether oxygens (including phenoxy) is 1. The molecule has 2 atom stereocenters. The van der Waals surface area contributed by atoms with Crippen LogP contribution in [-0.4, -0.2) is 12.4 Å². The maximum atomic E-state index is 5.83. The van der Waals surface area contributed by atoms with E-state index in [1.54, 1.807) is 0 Å². The summed E-state index contributed by atoms with van der Waals surface area (Å²) in [4.78, 5) is 5.08. The van der Waals surface area contributed by atoms with Crippen LogP contribution in [0.2, 0.25) is 0 Å². The third-order valence-corrected chi connectivity index (χ3v) is 5.82. The van der Waals surface area contributed by atoms with Gasteiger partial charge in [0, 0.05) is 8.95 Å². The summed E-state index contributed by atoms with van der Waals surface area (Å²) >= 11 is 7.05. The zero-order chi connectivity index (χ0) is 19.5. The van der Waals surface area contributed by atoms with Crippen molar-refractivity contribution in [1.82, 2.24) is 5.32 Å². The van der Waals surface area contributed by atoms with Crippen molar-refractivity contribution in [2.24, 2.45) is 4.99 Å². The lowest BCUT2D eigenvalue weighted by Crippen LogP contribution is -2.25. The molecule has 28 heavy (non-hydrogen) atoms. The molecule has 3 aromatic rings. The van der Waals surface area contributed by atoms with Crippen LogP contribution in [0.4, 0.5) is 0 Å². The Hall–Kier alpha value is -2.11. The molecule has 5 heteroatoms. The van der Waals surface area contributed by atoms with E-state index >= 15 is 0 Å². The maximum Gasteiger partial charge on any atom is 0.133 e. The normalized spacial score (nSPS) is 18.5. The summed E-state index contributed by atoms with van der Waals surface area (Å²) < 4.78 is 7.96. The smallest absolute Gasteiger partial charge is 0.133 e. The fourth-order valence-corrected chi connectivity index (χ4v) is 3.96. The van der Waals surface area contributed by atoms with Gasteiger partial charge in [-0.1, -0.05) is 68.3 Å². The van der Waals surface area contributed by atoms with Crippen LogP contribution < -0.4 is 10.1 Å². The van der Waals surface area contributed by atoms with Crippen molar-refractivity contribution in [3.05, 3.63) is 98.4 Å². The Balaban J connectivity index is 1.76. The molecule has 1 heterocycles. The number of halogens is 2. The van der Waals surface area contributed by atoms with Crippen molar-refractivity contribution in [3.63, 3.8) is 0 Å². The average Bonchev–Trinajstić information content (AvgIpc) is 3.15. The number of hydrogen-bond donors (Lipinski definition) is 1. The van der Waals surface area contributed by atoms with Crippen molar-refractivity contribution in [3.8, 4) is 5.75 Å². The van der Waals surface area contributed by atoms with Gasteiger partial charge in [-0.15, -0.1) is 0 Å². The van der Waals surface area contributed by atoms with Crippen LogP contribution in [0.15, 0.2) is 86.7 Å². The van der Waals surface area contributed by atoms with E-state index in [-0.39, 0.29) is 12.1 Å². The van der Waals surface area contributed by atoms with E-state index in [1.165, 1.54) is 11.1 Å². The quantitative estimate of drug-likeness (QED) is 0.438. The predicted octanol–water partition coefficient (Wildman–Crippen LogP) is 6.44. The zero-order valence-corrected chi connectivity index (χ0v) is 18.6. The molecule has 0 radical (unpaired) electrons. The summed E-state index contributed by atoms with van der Waals surface area (Å²) in [6, 6.07) is 24.9. The minimum absolute atomic E-state index is 0.0149. The summed E-state index contributed by atoms with van der Waals surface area (Å²) in [5.74, 6) is 1.71. The number of hydrogen-bond acceptors (Lipinski definition) is 3. The molecule has 0 unspecified atom stereocenters. The monoisotopic (exact) mass is 498 g/mol. The van der Waals surface area contributed by atoms with E-state index < -0.39 is 0 Å². The minimum Gasteiger partial charge on any atom is -0.493 e. The van der Waals surface area contributed by atoms with Gasteiger partial charge in [-0.25, -0.2) is 0 Å². The molecule has 142 valence electrons. The van der Waals surface area contributed by atoms with Gasteiger partial charge >= 0.3 is 0 Å². The summed E-state index contributed by atoms with van der Waals surface area (Å²) in [5, 5.41) is 3.65. The molecule has 4 rings (SSSR count). The van der Waals surface area contributed by atoms with Crippen molar-refractivity contribution >= 4 is 37.7 Å². The zero-order valence-electron chi connectivity index (χ0n) is 15.4. The minimum atomic E-state index is -0.0149. The van der Waals surface area contributed by atoms with Crippen LogP contribution in [0.5, 0.6) is 5.75 Å². The lowest BCUT2D eigenvalue weighted by molar-refractivity contribution is 0.339. The molecule has 0 saturated carbocycles. The molecule has 1 aliphatic heterocycles. The number of nitrogens with zero attached hydrogens (tertiary/aromatic N) is 1. The molecular weight excluding hydrogens is 480 g/mol. The van der Waals surface area contributed by atoms with Gasteiger partial charge in [0.1, 0.15) is 17.6 Å². The Morgan fingerprint density at radius 2 is 1.46 bits per heavy atom. The molecule has 0 amide bonds. The van der Waals surface area contributed by atoms with Crippen LogP contribution >= 0.6 is 31.9 Å². The van der Waals surface area contributed by atoms with E-state index in [9.17, 15) is 0 Å². The maximum absolute atomic E-state index is 5.83. The standard InChI is InChI=1S/C23H20Br2N2O/c1-2-28-20-6-4-3-5-19(20)23-26-21(15-7-11-17(24)12-8-15)22(27-23)16-9-13-18(25)14-10-16/h3-14,21-22H,2H2,1H3,(H,26,27)/t21-,22+. The summed E-state index contributed by atoms with van der Waals surface area (Å²) in [7, 11) is 0. The second kappa shape index (κ2) is 8.50. The molecule has 0 fully saturated rings. The first-order valence-corrected chi connectivity index (χ1v) is 10.8. The van der Waals surface area contributed by atoms with Gasteiger partial charge in [0.05, 0.1) is 18.2 Å². The second-order valence-electron chi connectivity index (χ2n) is 6.58. The van der Waals surface area contributed by atoms with E-state index in [1.807, 2.05) is 25.1 Å². The molecule has 0 bridgehead atoms. The van der Waals surface area contributed by atoms with Gasteiger partial charge in [-0.3, -0.25) is 4.99 Å². The number of benzene rings is 3. The molecule has 1 N–H and O–H groups in total. The topological polar surface area (TPSA) is 33.6 Å². The fraction of sp³-hybridized carbons (Fsp3) is 0.174. The molecule has 0 aromatic heterocycles. The summed E-state index contributed by atoms with van der Waals surface area (Å²) in [6.45, 7) is 2.62. The molecule has 0 saturated heterocycles. The summed E-state index contributed by atoms with van der Waals surface area (Å²) in [6.07, 6.45) is 0. The Morgan fingerprint density at radius 1 is 0.857 bits per heavy atom. The van der Waals surface area contributed by atoms with Gasteiger partial charge < -0.3 is 10.1 Å². The van der Waals surface area contributed by atoms with Gasteiger partial charge in [0.15, 0.2) is 0 Å². The molecule has 3 aromatic carbocycles. The Bertz CT molecular complexity index is 984. The highest BCUT2D eigenvalue weighted by atomic mass is 79.9. The lowest BCUT2D eigenvalue weighted by atomic mass is 9.95. The summed E-state index contributed by atoms with van der Waals surface area (Å²) in [5.41, 5.74) is 3.36. The van der Waals surface area contributed by atoms with E-state index in [4.69, 9.17) is 9.73 Å². The van der Waals surface area contributed by atoms with E-state index in [2.05, 4.69) is 91.8 Å². The highest BCUT2D eigenvalue weighted by Gasteiger charge is 2.32. The first kappa shape index (κ1) is 19.2. The molecule has 0 spiro atoms. The van der Waals surface area contributed by atoms with Gasteiger partial charge in [-0.05, 0) is 54.4 Å². The molecule has 3 nitrogen and oxygen atoms in total. The van der Waals surface area contributed by atoms with Crippen LogP contribution in [0.1, 0.15) is 35.7 Å². The second-order valence-corrected chi connectivity index (χ2v) is 8.41. The van der Waals surface area contributed by atoms with Crippen molar-refractivity contribution in [1.29, 1.82) is 0 Å². The van der Waals surface area contributed by atoms with E-state index in [0.717, 1.165) is 26.1 Å². The Morgan fingerprint density at radius 3 is 2.11 bits per heavy atom. The van der Waals surface area contributed by atoms with Gasteiger partial charge in [0.2, 0.25) is 0 Å². The van der Waals surface area contributed by atoms with Crippen LogP contribution in [0.3, 0.4) is 0 Å². The van der Waals surface area contributed by atoms with Gasteiger partial charge in [0.25, 0.3) is 0 Å². The molecule has 0 aliphatic carbocycles. The SMILES string of the molecule is CCOc1ccccc1C1=N[C@@H](c2ccc(Br)cc2)[C@@H](c2ccc(Br)cc2)N1. The average molecular weight is 500 g/mol. The third-order valence-electron chi connectivity index (χ3n) is 4.76. The number of aliphatic imine (C=N–C) groups is 1. The van der Waals surface area contributed by atoms with Crippen LogP contribution in [0, 0.1) is 0 Å². The number of nitrogens with one attached hydrogen (secondary N) is 1. The number of para-hydroxylation sites is 1. The highest BCUT2D eigenvalue weighted by Crippen LogP contribution is 2.38. The van der Waals surface area contributed by atoms with Gasteiger partial charge in [-0.2, -0.15) is 0 Å². The van der Waals surface area contributed by atoms with Crippen molar-refractivity contribution in [2.45, 2.75) is 19.0 Å².